The van der Waals surface area contributed by atoms with Crippen molar-refractivity contribution in [2.75, 3.05) is 44.3 Å². The van der Waals surface area contributed by atoms with E-state index in [1.807, 2.05) is 0 Å². The van der Waals surface area contributed by atoms with E-state index < -0.39 is 10.0 Å². The van der Waals surface area contributed by atoms with Crippen molar-refractivity contribution in [3.8, 4) is 0 Å². The number of ether oxygens (including phenoxy) is 1. The Morgan fingerprint density at radius 1 is 1.07 bits per heavy atom. The van der Waals surface area contributed by atoms with Crippen LogP contribution in [-0.2, 0) is 21.3 Å². The monoisotopic (exact) mass is 419 g/mol. The Kier molecular flexibility index (Phi) is 5.89. The Hall–Kier alpha value is -2.36. The molecule has 0 saturated carbocycles. The topological polar surface area (TPSA) is 92.1 Å². The van der Waals surface area contributed by atoms with Gasteiger partial charge in [-0.15, -0.1) is 0 Å². The molecule has 2 aliphatic heterocycles. The third-order valence-corrected chi connectivity index (χ3v) is 7.17. The van der Waals surface area contributed by atoms with Gasteiger partial charge in [0.25, 0.3) is 5.91 Å². The molecular weight excluding hydrogens is 394 g/mol. The van der Waals surface area contributed by atoms with Crippen LogP contribution in [0, 0.1) is 0 Å². The molecule has 2 saturated heterocycles. The molecule has 1 N–H and O–H groups in total. The minimum Gasteiger partial charge on any atom is -0.467 e. The summed E-state index contributed by atoms with van der Waals surface area (Å²) < 4.78 is 38.0. The van der Waals surface area contributed by atoms with Crippen molar-refractivity contribution in [1.82, 2.24) is 9.62 Å². The number of carbonyl (C=O) groups is 1. The molecule has 0 unspecified atom stereocenters. The molecule has 8 nitrogen and oxygen atoms in total. The highest BCUT2D eigenvalue weighted by molar-refractivity contribution is 7.89. The number of hydrogen-bond acceptors (Lipinski definition) is 6. The van der Waals surface area contributed by atoms with Crippen LogP contribution in [0.3, 0.4) is 0 Å². The molecule has 0 aliphatic carbocycles. The van der Waals surface area contributed by atoms with Gasteiger partial charge in [0.2, 0.25) is 10.0 Å². The van der Waals surface area contributed by atoms with Gasteiger partial charge in [-0.3, -0.25) is 4.79 Å². The third kappa shape index (κ3) is 4.31. The lowest BCUT2D eigenvalue weighted by atomic mass is 10.1. The molecule has 2 aliphatic rings. The normalized spacial score (nSPS) is 18.1. The van der Waals surface area contributed by atoms with Gasteiger partial charge in [-0.05, 0) is 43.2 Å². The molecule has 156 valence electrons. The molecule has 1 aromatic carbocycles. The number of nitrogens with zero attached hydrogens (tertiary/aromatic N) is 2. The average molecular weight is 420 g/mol. The molecule has 0 spiro atoms. The highest BCUT2D eigenvalue weighted by Crippen LogP contribution is 2.29. The molecule has 1 aromatic heterocycles. The second kappa shape index (κ2) is 8.56. The van der Waals surface area contributed by atoms with Crippen LogP contribution in [0.25, 0.3) is 0 Å². The number of nitrogens with one attached hydrogen (secondary N) is 1. The number of rotatable bonds is 6. The highest BCUT2D eigenvalue weighted by Gasteiger charge is 2.29. The van der Waals surface area contributed by atoms with Gasteiger partial charge in [0, 0.05) is 31.9 Å². The maximum absolute atomic E-state index is 13.0. The first-order valence-corrected chi connectivity index (χ1v) is 11.3. The van der Waals surface area contributed by atoms with Gasteiger partial charge in [-0.2, -0.15) is 4.31 Å². The van der Waals surface area contributed by atoms with Crippen molar-refractivity contribution in [1.29, 1.82) is 0 Å². The van der Waals surface area contributed by atoms with Crippen molar-refractivity contribution < 1.29 is 22.4 Å². The fraction of sp³-hybridized carbons (Fsp3) is 0.450. The van der Waals surface area contributed by atoms with Crippen LogP contribution in [0.1, 0.15) is 29.0 Å². The van der Waals surface area contributed by atoms with Crippen LogP contribution < -0.4 is 10.2 Å². The number of hydrogen-bond donors (Lipinski definition) is 1. The SMILES string of the molecule is O=C(NCc1ccco1)c1cc(S(=O)(=O)N2CCOCC2)ccc1N1CCCC1. The number of furan rings is 1. The zero-order chi connectivity index (χ0) is 20.3. The second-order valence-corrected chi connectivity index (χ2v) is 9.09. The van der Waals surface area contributed by atoms with Crippen molar-refractivity contribution in [2.45, 2.75) is 24.3 Å². The number of anilines is 1. The molecule has 0 radical (unpaired) electrons. The zero-order valence-corrected chi connectivity index (χ0v) is 17.0. The molecule has 29 heavy (non-hydrogen) atoms. The summed E-state index contributed by atoms with van der Waals surface area (Å²) in [5.74, 6) is 0.320. The van der Waals surface area contributed by atoms with E-state index in [1.54, 1.807) is 30.5 Å². The number of amides is 1. The summed E-state index contributed by atoms with van der Waals surface area (Å²) in [5.41, 5.74) is 1.13. The smallest absolute Gasteiger partial charge is 0.253 e. The van der Waals surface area contributed by atoms with E-state index in [2.05, 4.69) is 10.2 Å². The fourth-order valence-corrected chi connectivity index (χ4v) is 5.14. The van der Waals surface area contributed by atoms with Crippen LogP contribution in [-0.4, -0.2) is 58.0 Å². The van der Waals surface area contributed by atoms with Crippen molar-refractivity contribution in [3.05, 3.63) is 47.9 Å². The molecular formula is C20H25N3O5S. The molecule has 0 atom stereocenters. The van der Waals surface area contributed by atoms with E-state index in [0.29, 0.717) is 37.6 Å². The number of benzene rings is 1. The van der Waals surface area contributed by atoms with Gasteiger partial charge in [-0.1, -0.05) is 0 Å². The van der Waals surface area contributed by atoms with Crippen LogP contribution in [0.5, 0.6) is 0 Å². The van der Waals surface area contributed by atoms with Crippen molar-refractivity contribution >= 4 is 21.6 Å². The summed E-state index contributed by atoms with van der Waals surface area (Å²) in [6, 6.07) is 8.38. The summed E-state index contributed by atoms with van der Waals surface area (Å²) in [5, 5.41) is 2.84. The summed E-state index contributed by atoms with van der Waals surface area (Å²) in [7, 11) is -3.68. The van der Waals surface area contributed by atoms with Crippen LogP contribution in [0.4, 0.5) is 5.69 Å². The van der Waals surface area contributed by atoms with E-state index in [1.165, 1.54) is 10.4 Å². The lowest BCUT2D eigenvalue weighted by Crippen LogP contribution is -2.40. The van der Waals surface area contributed by atoms with Gasteiger partial charge in [0.1, 0.15) is 5.76 Å². The number of sulfonamides is 1. The van der Waals surface area contributed by atoms with Gasteiger partial charge in [0.15, 0.2) is 0 Å². The lowest BCUT2D eigenvalue weighted by molar-refractivity contribution is 0.0730. The predicted molar refractivity (Wildman–Crippen MR) is 107 cm³/mol. The summed E-state index contributed by atoms with van der Waals surface area (Å²) in [6.07, 6.45) is 3.66. The first-order chi connectivity index (χ1) is 14.1. The van der Waals surface area contributed by atoms with Gasteiger partial charge in [0.05, 0.1) is 36.5 Å². The summed E-state index contributed by atoms with van der Waals surface area (Å²) in [6.45, 7) is 3.34. The van der Waals surface area contributed by atoms with Crippen LogP contribution in [0.2, 0.25) is 0 Å². The van der Waals surface area contributed by atoms with Gasteiger partial charge >= 0.3 is 0 Å². The Bertz CT molecular complexity index is 947. The minimum atomic E-state index is -3.68. The van der Waals surface area contributed by atoms with E-state index >= 15 is 0 Å². The first kappa shape index (κ1) is 19.9. The molecule has 3 heterocycles. The third-order valence-electron chi connectivity index (χ3n) is 5.27. The van der Waals surface area contributed by atoms with E-state index in [0.717, 1.165) is 31.6 Å². The van der Waals surface area contributed by atoms with Gasteiger partial charge in [-0.25, -0.2) is 8.42 Å². The second-order valence-electron chi connectivity index (χ2n) is 7.15. The lowest BCUT2D eigenvalue weighted by Gasteiger charge is -2.27. The average Bonchev–Trinajstić information content (AvgIpc) is 3.46. The Morgan fingerprint density at radius 3 is 2.52 bits per heavy atom. The largest absolute Gasteiger partial charge is 0.467 e. The van der Waals surface area contributed by atoms with E-state index in [4.69, 9.17) is 9.15 Å². The molecule has 9 heteroatoms. The van der Waals surface area contributed by atoms with E-state index in [9.17, 15) is 13.2 Å². The van der Waals surface area contributed by atoms with Crippen molar-refractivity contribution in [3.63, 3.8) is 0 Å². The Balaban J connectivity index is 1.64. The summed E-state index contributed by atoms with van der Waals surface area (Å²) >= 11 is 0. The standard InChI is InChI=1S/C20H25N3O5S/c24-20(21-15-16-4-3-11-28-16)18-14-17(5-6-19(18)22-7-1-2-8-22)29(25,26)23-9-12-27-13-10-23/h3-6,11,14H,1-2,7-10,12-13,15H2,(H,21,24). The molecule has 2 fully saturated rings. The van der Waals surface area contributed by atoms with Crippen molar-refractivity contribution in [2.24, 2.45) is 0 Å². The number of carbonyl (C=O) groups excluding carboxylic acids is 1. The predicted octanol–water partition coefficient (Wildman–Crippen LogP) is 1.83. The van der Waals surface area contributed by atoms with Gasteiger partial charge < -0.3 is 19.4 Å². The fourth-order valence-electron chi connectivity index (χ4n) is 3.70. The van der Waals surface area contributed by atoms with E-state index in [-0.39, 0.29) is 17.3 Å². The van der Waals surface area contributed by atoms with Crippen LogP contribution >= 0.6 is 0 Å². The quantitative estimate of drug-likeness (QED) is 0.768. The molecule has 0 bridgehead atoms. The summed E-state index contributed by atoms with van der Waals surface area (Å²) in [4.78, 5) is 15.2. The van der Waals surface area contributed by atoms with Crippen LogP contribution in [0.15, 0.2) is 45.9 Å². The minimum absolute atomic E-state index is 0.130. The maximum Gasteiger partial charge on any atom is 0.253 e. The highest BCUT2D eigenvalue weighted by atomic mass is 32.2. The number of morpholine rings is 1. The zero-order valence-electron chi connectivity index (χ0n) is 16.2. The molecule has 4 rings (SSSR count). The maximum atomic E-state index is 13.0. The Labute approximate surface area is 170 Å². The molecule has 2 aromatic rings. The Morgan fingerprint density at radius 2 is 1.83 bits per heavy atom. The molecule has 1 amide bonds. The first-order valence-electron chi connectivity index (χ1n) is 9.83.